The molecule has 25 N–H and O–H groups in total. The minimum atomic E-state index is -1.82. The third kappa shape index (κ3) is 50.9. The van der Waals surface area contributed by atoms with Crippen molar-refractivity contribution in [2.24, 2.45) is 22.9 Å². The van der Waals surface area contributed by atoms with E-state index in [4.69, 9.17) is 101 Å². The monoisotopic (exact) mass is 1990 g/mol. The molecule has 44 nitrogen and oxygen atoms in total. The van der Waals surface area contributed by atoms with Gasteiger partial charge in [0.05, 0.1) is 165 Å². The van der Waals surface area contributed by atoms with Crippen molar-refractivity contribution in [1.29, 1.82) is 21.6 Å². The molecule has 0 aromatic heterocycles. The zero-order valence-corrected chi connectivity index (χ0v) is 79.1. The number of hydrogen-bond donors (Lipinski definition) is 21. The average molecular weight is 1990 g/mol. The Hall–Kier alpha value is -12.6. The number of guanidine groups is 4. The van der Waals surface area contributed by atoms with Crippen molar-refractivity contribution in [1.82, 2.24) is 69.1 Å². The van der Waals surface area contributed by atoms with Gasteiger partial charge < -0.3 is 154 Å². The summed E-state index contributed by atoms with van der Waals surface area (Å²) in [5.41, 5.74) is 24.2. The number of carbonyl (C=O) groups excluding carboxylic acids is 10. The first-order valence-corrected chi connectivity index (χ1v) is 46.7. The molecule has 0 saturated carbocycles. The molecular formula is C93H137F4N21O23. The van der Waals surface area contributed by atoms with Crippen LogP contribution in [0, 0.1) is 44.9 Å². The summed E-state index contributed by atoms with van der Waals surface area (Å²) in [6.45, 7) is 6.40. The molecule has 6 rings (SSSR count). The molecule has 5 aromatic rings. The lowest BCUT2D eigenvalue weighted by atomic mass is 9.99. The van der Waals surface area contributed by atoms with Crippen molar-refractivity contribution in [3.8, 4) is 5.75 Å². The van der Waals surface area contributed by atoms with E-state index in [0.29, 0.717) is 109 Å². The standard InChI is InChI=1S/C93H137F4N21O23/c94-67-61-68(95)80(97)81(79(67)96)141-78(120)27-33-129-35-37-131-39-41-133-43-45-135-47-49-137-51-53-139-55-56-140-54-52-138-50-48-136-46-44-134-42-40-132-38-36-130-34-32-106-77(119)26-25-73-86(125)116-74(58-62-13-3-1-4-14-62)88(127)117-75(59-63-15-5-2-6-16-63)89(128)118-76(60-64-23-24-65-17-7-8-18-66(65)57-64)87(126)114-72(22-12-31-110-93(104)105)84(123)112-70(20-10-29-108-91(100)101)82(121)111-69(19-9-28-107-90(98)99)83(122)113-71(85(124)115-73)21-11-30-109-92(102)103/h1-8,13-18,23-24,57,61,69-76H,9-12,19-22,25-56,58-60H2,(H,106,119)(H,111,121)(H,112,123)(H,113,122)(H,114,126)(H,115,124)(H,116,125)(H,117,127)(H,118,128)(H4,98,99,107)(H4,100,101,108)(H4,102,103,109)(H4,104,105,110)/t69-,70+,71+,72-,73-,74-,75+,76-/m0/s1. The molecule has 1 heterocycles. The maximum atomic E-state index is 15.4. The first kappa shape index (κ1) is 117. The van der Waals surface area contributed by atoms with E-state index in [2.05, 4.69) is 73.9 Å². The second-order valence-electron chi connectivity index (χ2n) is 31.9. The van der Waals surface area contributed by atoms with Gasteiger partial charge in [-0.3, -0.25) is 69.6 Å². The Bertz CT molecular complexity index is 4630. The molecule has 8 atom stereocenters. The molecule has 0 radical (unpaired) electrons. The number of halogens is 4. The first-order valence-electron chi connectivity index (χ1n) is 46.7. The number of benzene rings is 5. The summed E-state index contributed by atoms with van der Waals surface area (Å²) in [6.07, 6.45) is -2.31. The lowest BCUT2D eigenvalue weighted by molar-refractivity contribution is -0.137. The van der Waals surface area contributed by atoms with Crippen LogP contribution in [0.1, 0.15) is 87.3 Å². The Balaban J connectivity index is 0.996. The molecule has 1 aliphatic rings. The highest BCUT2D eigenvalue weighted by Gasteiger charge is 2.38. The van der Waals surface area contributed by atoms with Crippen molar-refractivity contribution >= 4 is 93.7 Å². The highest BCUT2D eigenvalue weighted by molar-refractivity contribution is 6.00. The number of hydrogen-bond acceptors (Lipinski definition) is 27. The molecule has 780 valence electrons. The minimum absolute atomic E-state index is 0.000738. The maximum absolute atomic E-state index is 15.4. The van der Waals surface area contributed by atoms with Crippen LogP contribution in [-0.4, -0.2) is 323 Å². The van der Waals surface area contributed by atoms with Crippen LogP contribution in [0.2, 0.25) is 0 Å². The molecule has 9 amide bonds. The summed E-state index contributed by atoms with van der Waals surface area (Å²) >= 11 is 0. The highest BCUT2D eigenvalue weighted by atomic mass is 19.2. The summed E-state index contributed by atoms with van der Waals surface area (Å²) in [6, 6.07) is 17.7. The van der Waals surface area contributed by atoms with Crippen LogP contribution in [-0.2, 0) is 124 Å². The van der Waals surface area contributed by atoms with Gasteiger partial charge in [0.25, 0.3) is 0 Å². The van der Waals surface area contributed by atoms with E-state index in [1.54, 1.807) is 66.7 Å². The first-order chi connectivity index (χ1) is 68.1. The minimum Gasteiger partial charge on any atom is -0.420 e. The van der Waals surface area contributed by atoms with Crippen LogP contribution in [0.5, 0.6) is 5.75 Å². The molecule has 141 heavy (non-hydrogen) atoms. The second-order valence-corrected chi connectivity index (χ2v) is 31.9. The van der Waals surface area contributed by atoms with Crippen LogP contribution in [0.15, 0.2) is 109 Å². The van der Waals surface area contributed by atoms with Crippen molar-refractivity contribution in [2.75, 3.05) is 191 Å². The van der Waals surface area contributed by atoms with Gasteiger partial charge >= 0.3 is 5.97 Å². The number of rotatable bonds is 65. The molecule has 5 aromatic carbocycles. The molecule has 0 bridgehead atoms. The van der Waals surface area contributed by atoms with E-state index in [-0.39, 0.29) is 181 Å². The van der Waals surface area contributed by atoms with E-state index in [1.807, 2.05) is 36.4 Å². The summed E-state index contributed by atoms with van der Waals surface area (Å²) in [4.78, 5) is 148. The van der Waals surface area contributed by atoms with Crippen LogP contribution in [0.25, 0.3) is 10.8 Å². The quantitative estimate of drug-likeness (QED) is 0.00442. The van der Waals surface area contributed by atoms with E-state index < -0.39 is 174 Å². The SMILES string of the molecule is N=C(N)NCCC[C@@H]1NC(=O)[C@H](Cc2ccc3ccccc3c2)NC(=O)[C@@H](Cc2ccccc2)NC(=O)[C@H](Cc2ccccc2)NC(=O)[C@H](CCC(=O)NCCOCCOCCOCCOCCOCCOCCOCCOCCOCCOCCOCCOCCC(=O)Oc2c(F)c(F)cc(F)c2F)NC(=O)[C@@H](CCCNC(=N)N)NC(=O)[C@H](CCCNC(=N)N)NC(=O)[C@@H](CCCNC(=N)N)NC1=O. The number of ether oxygens (including phenoxy) is 13. The number of nitrogens with one attached hydrogen (secondary N) is 17. The topological polar surface area (TPSA) is 647 Å². The summed E-state index contributed by atoms with van der Waals surface area (Å²) in [5, 5.41) is 68.4. The third-order valence-electron chi connectivity index (χ3n) is 20.9. The van der Waals surface area contributed by atoms with Crippen LogP contribution < -0.4 is 96.8 Å². The smallest absolute Gasteiger partial charge is 0.313 e. The molecule has 0 unspecified atom stereocenters. The second kappa shape index (κ2) is 70.1. The molecular weight excluding hydrogens is 1860 g/mol. The predicted octanol–water partition coefficient (Wildman–Crippen LogP) is -0.540. The Morgan fingerprint density at radius 2 is 0.546 bits per heavy atom. The van der Waals surface area contributed by atoms with Gasteiger partial charge in [-0.2, -0.15) is 8.78 Å². The van der Waals surface area contributed by atoms with Gasteiger partial charge in [-0.1, -0.05) is 103 Å². The molecule has 1 saturated heterocycles. The van der Waals surface area contributed by atoms with Gasteiger partial charge in [-0.05, 0) is 85.3 Å². The fourth-order valence-corrected chi connectivity index (χ4v) is 13.7. The van der Waals surface area contributed by atoms with Crippen LogP contribution in [0.4, 0.5) is 17.6 Å². The van der Waals surface area contributed by atoms with Crippen molar-refractivity contribution < 1.29 is 127 Å². The maximum Gasteiger partial charge on any atom is 0.313 e. The third-order valence-corrected chi connectivity index (χ3v) is 20.9. The van der Waals surface area contributed by atoms with Gasteiger partial charge in [-0.25, -0.2) is 8.78 Å². The normalized spacial score (nSPS) is 17.5. The van der Waals surface area contributed by atoms with Gasteiger partial charge in [0.1, 0.15) is 48.3 Å². The molecule has 0 aliphatic carbocycles. The number of nitrogens with two attached hydrogens (primary N) is 4. The van der Waals surface area contributed by atoms with Gasteiger partial charge in [0.2, 0.25) is 70.5 Å². The highest BCUT2D eigenvalue weighted by Crippen LogP contribution is 2.27. The number of carbonyl (C=O) groups is 10. The molecule has 1 aliphatic heterocycles. The lowest BCUT2D eigenvalue weighted by Gasteiger charge is -2.29. The predicted molar refractivity (Wildman–Crippen MR) is 509 cm³/mol. The Morgan fingerprint density at radius 1 is 0.284 bits per heavy atom. The summed E-state index contributed by atoms with van der Waals surface area (Å²) < 4.78 is 124. The Morgan fingerprint density at radius 3 is 0.858 bits per heavy atom. The molecule has 0 spiro atoms. The van der Waals surface area contributed by atoms with Crippen molar-refractivity contribution in [3.05, 3.63) is 149 Å². The Kier molecular flexibility index (Phi) is 58.2. The number of fused-ring (bicyclic) bond motifs is 1. The summed E-state index contributed by atoms with van der Waals surface area (Å²) in [5.74, 6) is -19.2. The van der Waals surface area contributed by atoms with E-state index >= 15 is 38.4 Å². The number of amides is 9. The number of esters is 1. The summed E-state index contributed by atoms with van der Waals surface area (Å²) in [7, 11) is 0. The van der Waals surface area contributed by atoms with Crippen molar-refractivity contribution in [2.45, 2.75) is 138 Å². The zero-order valence-electron chi connectivity index (χ0n) is 79.1. The lowest BCUT2D eigenvalue weighted by Crippen LogP contribution is -2.62. The van der Waals surface area contributed by atoms with E-state index in [0.717, 1.165) is 10.8 Å². The van der Waals surface area contributed by atoms with Gasteiger partial charge in [0.15, 0.2) is 35.5 Å². The van der Waals surface area contributed by atoms with Crippen LogP contribution >= 0.6 is 0 Å². The Labute approximate surface area is 815 Å². The van der Waals surface area contributed by atoms with Gasteiger partial charge in [0, 0.05) is 64.5 Å². The molecule has 48 heteroatoms. The fraction of sp³-hybridized carbons (Fsp3) is 0.548. The fourth-order valence-electron chi connectivity index (χ4n) is 13.7. The van der Waals surface area contributed by atoms with Crippen LogP contribution in [0.3, 0.4) is 0 Å². The molecule has 1 fully saturated rings. The van der Waals surface area contributed by atoms with E-state index in [9.17, 15) is 27.2 Å². The van der Waals surface area contributed by atoms with Crippen molar-refractivity contribution in [3.63, 3.8) is 0 Å². The zero-order chi connectivity index (χ0) is 102. The van der Waals surface area contributed by atoms with Gasteiger partial charge in [-0.15, -0.1) is 0 Å². The van der Waals surface area contributed by atoms with E-state index in [1.165, 1.54) is 0 Å². The average Bonchev–Trinajstić information content (AvgIpc) is 0.823. The largest absolute Gasteiger partial charge is 0.420 e.